The van der Waals surface area contributed by atoms with Crippen LogP contribution >= 0.6 is 0 Å². The molecule has 11 nitrogen and oxygen atoms in total. The predicted octanol–water partition coefficient (Wildman–Crippen LogP) is 0.505. The first kappa shape index (κ1) is 25.8. The number of amides is 3. The molecule has 2 aromatic rings. The van der Waals surface area contributed by atoms with Gasteiger partial charge in [0.05, 0.1) is 19.3 Å². The number of aromatic nitrogens is 2. The molecule has 1 aliphatic rings. The summed E-state index contributed by atoms with van der Waals surface area (Å²) in [6, 6.07) is 2.80. The number of likely N-dealkylation sites (N-methyl/N-ethyl adjacent to an activating group) is 2. The lowest BCUT2D eigenvalue weighted by Gasteiger charge is -2.28. The zero-order valence-electron chi connectivity index (χ0n) is 20.2. The van der Waals surface area contributed by atoms with Crippen LogP contribution in [0.2, 0.25) is 0 Å². The lowest BCUT2D eigenvalue weighted by atomic mass is 10.1. The number of rotatable bonds is 4. The molecule has 0 radical (unpaired) electrons. The highest BCUT2D eigenvalue weighted by atomic mass is 19.1. The number of aromatic hydroxyl groups is 1. The van der Waals surface area contributed by atoms with Gasteiger partial charge in [-0.3, -0.25) is 23.7 Å². The van der Waals surface area contributed by atoms with Crippen molar-refractivity contribution < 1.29 is 28.6 Å². The van der Waals surface area contributed by atoms with Crippen LogP contribution in [0.15, 0.2) is 23.0 Å². The fraction of sp³-hybridized carbons (Fsp3) is 0.435. The fourth-order valence-electron chi connectivity index (χ4n) is 3.71. The number of benzene rings is 1. The molecule has 3 rings (SSSR count). The second-order valence-electron chi connectivity index (χ2n) is 8.63. The van der Waals surface area contributed by atoms with E-state index in [1.165, 1.54) is 33.3 Å². The third-order valence-electron chi connectivity index (χ3n) is 5.76. The van der Waals surface area contributed by atoms with Gasteiger partial charge >= 0.3 is 11.8 Å². The van der Waals surface area contributed by atoms with Crippen molar-refractivity contribution >= 4 is 17.7 Å². The molecule has 0 bridgehead atoms. The van der Waals surface area contributed by atoms with Crippen LogP contribution in [0.25, 0.3) is 0 Å². The van der Waals surface area contributed by atoms with Crippen LogP contribution in [0.5, 0.6) is 5.75 Å². The monoisotopic (exact) mass is 489 g/mol. The van der Waals surface area contributed by atoms with E-state index in [0.717, 1.165) is 14.4 Å². The summed E-state index contributed by atoms with van der Waals surface area (Å²) in [5, 5.41) is 13.1. The summed E-state index contributed by atoms with van der Waals surface area (Å²) in [6.07, 6.45) is 0. The molecule has 35 heavy (non-hydrogen) atoms. The number of hydrogen-bond donors (Lipinski definition) is 2. The molecule has 188 valence electrons. The maximum atomic E-state index is 13.5. The minimum Gasteiger partial charge on any atom is -0.501 e. The van der Waals surface area contributed by atoms with Gasteiger partial charge in [0.1, 0.15) is 17.7 Å². The Kier molecular flexibility index (Phi) is 7.54. The van der Waals surface area contributed by atoms with Crippen molar-refractivity contribution in [1.29, 1.82) is 0 Å². The average Bonchev–Trinajstić information content (AvgIpc) is 2.98. The van der Waals surface area contributed by atoms with Crippen molar-refractivity contribution in [2.75, 3.05) is 34.4 Å². The average molecular weight is 490 g/mol. The first-order valence-electron chi connectivity index (χ1n) is 10.9. The van der Waals surface area contributed by atoms with Crippen molar-refractivity contribution in [3.05, 3.63) is 57.0 Å². The second kappa shape index (κ2) is 10.2. The van der Waals surface area contributed by atoms with Crippen molar-refractivity contribution in [2.45, 2.75) is 32.5 Å². The second-order valence-corrected chi connectivity index (χ2v) is 8.63. The molecule has 1 aliphatic heterocycles. The Morgan fingerprint density at radius 2 is 1.91 bits per heavy atom. The van der Waals surface area contributed by atoms with Gasteiger partial charge in [-0.1, -0.05) is 12.1 Å². The molecular weight excluding hydrogens is 461 g/mol. The first-order chi connectivity index (χ1) is 16.4. The summed E-state index contributed by atoms with van der Waals surface area (Å²) in [7, 11) is 4.23. The Labute approximate surface area is 201 Å². The number of aryl methyl sites for hydroxylation is 1. The van der Waals surface area contributed by atoms with Gasteiger partial charge in [0, 0.05) is 27.7 Å². The lowest BCUT2D eigenvalue weighted by molar-refractivity contribution is -0.151. The van der Waals surface area contributed by atoms with E-state index < -0.39 is 46.8 Å². The SMILES string of the molecule is Cc1cc(CNC(=O)c2nc3n(c(=O)c2O)C(C)COCC3N(C)C(=O)C(=O)N(C)C)ccc1F. The largest absolute Gasteiger partial charge is 0.501 e. The van der Waals surface area contributed by atoms with Crippen LogP contribution in [-0.2, 0) is 20.9 Å². The summed E-state index contributed by atoms with van der Waals surface area (Å²) in [6.45, 7) is 3.25. The summed E-state index contributed by atoms with van der Waals surface area (Å²) in [5.74, 6) is -3.71. The summed E-state index contributed by atoms with van der Waals surface area (Å²) >= 11 is 0. The number of hydrogen-bond acceptors (Lipinski definition) is 7. The van der Waals surface area contributed by atoms with E-state index in [9.17, 15) is 28.7 Å². The fourth-order valence-corrected chi connectivity index (χ4v) is 3.71. The zero-order valence-corrected chi connectivity index (χ0v) is 20.2. The summed E-state index contributed by atoms with van der Waals surface area (Å²) in [5.41, 5.74) is -0.395. The smallest absolute Gasteiger partial charge is 0.312 e. The number of fused-ring (bicyclic) bond motifs is 1. The van der Waals surface area contributed by atoms with Gasteiger partial charge < -0.3 is 25.0 Å². The normalized spacial score (nSPS) is 17.2. The Hall–Kier alpha value is -3.80. The molecule has 12 heteroatoms. The Morgan fingerprint density at radius 3 is 2.54 bits per heavy atom. The molecule has 2 atom stereocenters. The van der Waals surface area contributed by atoms with Gasteiger partial charge in [-0.25, -0.2) is 9.37 Å². The van der Waals surface area contributed by atoms with E-state index >= 15 is 0 Å². The highest BCUT2D eigenvalue weighted by Gasteiger charge is 2.36. The maximum Gasteiger partial charge on any atom is 0.312 e. The van der Waals surface area contributed by atoms with E-state index in [2.05, 4.69) is 10.3 Å². The minimum atomic E-state index is -0.976. The molecule has 0 fully saturated rings. The Bertz CT molecular complexity index is 1230. The molecule has 2 N–H and O–H groups in total. The molecule has 1 aromatic carbocycles. The van der Waals surface area contributed by atoms with Crippen molar-refractivity contribution in [1.82, 2.24) is 24.7 Å². The minimum absolute atomic E-state index is 0.00183. The van der Waals surface area contributed by atoms with Crippen LogP contribution in [0.3, 0.4) is 0 Å². The van der Waals surface area contributed by atoms with Crippen molar-refractivity contribution in [3.63, 3.8) is 0 Å². The molecule has 0 aliphatic carbocycles. The van der Waals surface area contributed by atoms with Crippen molar-refractivity contribution in [2.24, 2.45) is 0 Å². The van der Waals surface area contributed by atoms with Gasteiger partial charge in [-0.05, 0) is 31.0 Å². The van der Waals surface area contributed by atoms with Crippen LogP contribution in [0, 0.1) is 12.7 Å². The molecule has 2 heterocycles. The highest BCUT2D eigenvalue weighted by Crippen LogP contribution is 2.26. The number of carbonyl (C=O) groups is 3. The molecular formula is C23H28FN5O6. The predicted molar refractivity (Wildman–Crippen MR) is 122 cm³/mol. The van der Waals surface area contributed by atoms with E-state index in [4.69, 9.17) is 4.74 Å². The Balaban J connectivity index is 1.99. The first-order valence-corrected chi connectivity index (χ1v) is 10.9. The van der Waals surface area contributed by atoms with E-state index in [-0.39, 0.29) is 31.4 Å². The Morgan fingerprint density at radius 1 is 1.23 bits per heavy atom. The van der Waals surface area contributed by atoms with Crippen LogP contribution in [0.1, 0.15) is 46.4 Å². The third-order valence-corrected chi connectivity index (χ3v) is 5.76. The lowest BCUT2D eigenvalue weighted by Crippen LogP contribution is -2.44. The van der Waals surface area contributed by atoms with Gasteiger partial charge in [0.15, 0.2) is 5.69 Å². The zero-order chi connectivity index (χ0) is 26.0. The van der Waals surface area contributed by atoms with Crippen molar-refractivity contribution in [3.8, 4) is 5.75 Å². The maximum absolute atomic E-state index is 13.5. The van der Waals surface area contributed by atoms with Gasteiger partial charge in [-0.2, -0.15) is 0 Å². The molecule has 2 unspecified atom stereocenters. The van der Waals surface area contributed by atoms with E-state index in [1.807, 2.05) is 0 Å². The van der Waals surface area contributed by atoms with Gasteiger partial charge in [-0.15, -0.1) is 0 Å². The van der Waals surface area contributed by atoms with Crippen LogP contribution < -0.4 is 10.9 Å². The molecule has 0 saturated heterocycles. The summed E-state index contributed by atoms with van der Waals surface area (Å²) < 4.78 is 20.3. The molecule has 0 spiro atoms. The van der Waals surface area contributed by atoms with Gasteiger partial charge in [0.25, 0.3) is 11.5 Å². The van der Waals surface area contributed by atoms with Gasteiger partial charge in [0.2, 0.25) is 5.75 Å². The molecule has 0 saturated carbocycles. The number of halogens is 1. The van der Waals surface area contributed by atoms with E-state index in [1.54, 1.807) is 19.9 Å². The van der Waals surface area contributed by atoms with E-state index in [0.29, 0.717) is 11.1 Å². The molecule has 3 amide bonds. The topological polar surface area (TPSA) is 134 Å². The number of carbonyl (C=O) groups excluding carboxylic acids is 3. The quantitative estimate of drug-likeness (QED) is 0.598. The summed E-state index contributed by atoms with van der Waals surface area (Å²) in [4.78, 5) is 57.3. The van der Waals surface area contributed by atoms with Crippen LogP contribution in [-0.4, -0.2) is 76.5 Å². The number of ether oxygens (including phenoxy) is 1. The standard InChI is InChI=1S/C23H28FN5O6/c1-12-8-14(6-7-15(12)24)9-25-20(31)17-18(30)21(32)29-13(2)10-35-11-16(19(29)26-17)28(5)23(34)22(33)27(3)4/h6-8,13,16,30H,9-11H2,1-5H3,(H,25,31). The molecule has 1 aromatic heterocycles. The number of nitrogens with one attached hydrogen (secondary N) is 1. The third kappa shape index (κ3) is 5.16. The number of nitrogens with zero attached hydrogens (tertiary/aromatic N) is 4. The highest BCUT2D eigenvalue weighted by molar-refractivity contribution is 6.34. The van der Waals surface area contributed by atoms with Crippen LogP contribution in [0.4, 0.5) is 4.39 Å².